The van der Waals surface area contributed by atoms with Crippen LogP contribution in [0.4, 0.5) is 15.8 Å². The van der Waals surface area contributed by atoms with Gasteiger partial charge in [-0.15, -0.1) is 0 Å². The van der Waals surface area contributed by atoms with Crippen LogP contribution in [0.3, 0.4) is 0 Å². The van der Waals surface area contributed by atoms with Gasteiger partial charge < -0.3 is 14.8 Å². The fraction of sp³-hybridized carbons (Fsp3) is 0.217. The molecule has 0 heterocycles. The molecule has 29 heavy (non-hydrogen) atoms. The third-order valence-electron chi connectivity index (χ3n) is 4.59. The molecule has 0 amide bonds. The molecule has 3 aromatic rings. The second kappa shape index (κ2) is 9.30. The molecule has 0 aromatic heterocycles. The lowest BCUT2D eigenvalue weighted by atomic mass is 10.0. The second-order valence-corrected chi connectivity index (χ2v) is 6.44. The van der Waals surface area contributed by atoms with Gasteiger partial charge in [0.25, 0.3) is 0 Å². The molecule has 0 aliphatic carbocycles. The van der Waals surface area contributed by atoms with Gasteiger partial charge in [-0.3, -0.25) is 10.3 Å². The van der Waals surface area contributed by atoms with Crippen LogP contribution in [0.2, 0.25) is 0 Å². The summed E-state index contributed by atoms with van der Waals surface area (Å²) in [7, 11) is 3.35. The quantitative estimate of drug-likeness (QED) is 0.504. The van der Waals surface area contributed by atoms with Crippen LogP contribution in [0.25, 0.3) is 11.1 Å². The lowest BCUT2D eigenvalue weighted by Gasteiger charge is -2.22. The maximum Gasteiger partial charge on any atom is 0.161 e. The molecule has 2 N–H and O–H groups in total. The van der Waals surface area contributed by atoms with Gasteiger partial charge >= 0.3 is 0 Å². The van der Waals surface area contributed by atoms with Crippen molar-refractivity contribution in [1.29, 1.82) is 0 Å². The van der Waals surface area contributed by atoms with E-state index < -0.39 is 0 Å². The van der Waals surface area contributed by atoms with Crippen LogP contribution < -0.4 is 19.9 Å². The van der Waals surface area contributed by atoms with Crippen LogP contribution in [0, 0.1) is 5.82 Å². The fourth-order valence-corrected chi connectivity index (χ4v) is 3.17. The molecule has 6 heteroatoms. The molecule has 152 valence electrons. The summed E-state index contributed by atoms with van der Waals surface area (Å²) >= 11 is 0. The zero-order valence-electron chi connectivity index (χ0n) is 16.8. The minimum Gasteiger partial charge on any atom is -0.493 e. The predicted octanol–water partition coefficient (Wildman–Crippen LogP) is 5.34. The molecule has 0 spiro atoms. The summed E-state index contributed by atoms with van der Waals surface area (Å²) in [5, 5.41) is 14.9. The van der Waals surface area contributed by atoms with Crippen LogP contribution in [-0.2, 0) is 6.54 Å². The van der Waals surface area contributed by atoms with Crippen molar-refractivity contribution in [2.45, 2.75) is 13.5 Å². The minimum atomic E-state index is -0.287. The number of nitrogens with one attached hydrogen (secondary N) is 1. The predicted molar refractivity (Wildman–Crippen MR) is 114 cm³/mol. The van der Waals surface area contributed by atoms with E-state index in [0.717, 1.165) is 16.2 Å². The molecule has 0 atom stereocenters. The zero-order valence-corrected chi connectivity index (χ0v) is 16.8. The van der Waals surface area contributed by atoms with E-state index in [-0.39, 0.29) is 12.4 Å². The molecule has 0 aliphatic rings. The molecule has 0 radical (unpaired) electrons. The SMILES string of the molecule is CCOc1cc(CN(O)c2ccc(-c3ccccc3F)cc2NC)ccc1OC. The largest absolute Gasteiger partial charge is 0.493 e. The van der Waals surface area contributed by atoms with Crippen LogP contribution >= 0.6 is 0 Å². The number of hydrogen-bond acceptors (Lipinski definition) is 5. The fourth-order valence-electron chi connectivity index (χ4n) is 3.17. The lowest BCUT2D eigenvalue weighted by Crippen LogP contribution is -2.18. The van der Waals surface area contributed by atoms with Crippen LogP contribution in [0.1, 0.15) is 12.5 Å². The van der Waals surface area contributed by atoms with E-state index in [0.29, 0.717) is 35.0 Å². The van der Waals surface area contributed by atoms with Crippen LogP contribution in [0.5, 0.6) is 11.5 Å². The summed E-state index contributed by atoms with van der Waals surface area (Å²) in [5.41, 5.74) is 3.37. The Morgan fingerprint density at radius 1 is 1.03 bits per heavy atom. The number of anilines is 2. The number of halogens is 1. The van der Waals surface area contributed by atoms with Crippen molar-refractivity contribution in [2.75, 3.05) is 31.1 Å². The Morgan fingerprint density at radius 3 is 2.52 bits per heavy atom. The zero-order chi connectivity index (χ0) is 20.8. The highest BCUT2D eigenvalue weighted by atomic mass is 19.1. The molecule has 0 aliphatic heterocycles. The van der Waals surface area contributed by atoms with E-state index in [4.69, 9.17) is 9.47 Å². The summed E-state index contributed by atoms with van der Waals surface area (Å²) in [5.74, 6) is 0.986. The van der Waals surface area contributed by atoms with E-state index >= 15 is 0 Å². The molecule has 5 nitrogen and oxygen atoms in total. The number of hydroxylamine groups is 1. The smallest absolute Gasteiger partial charge is 0.161 e. The first-order valence-corrected chi connectivity index (χ1v) is 9.40. The molecule has 0 unspecified atom stereocenters. The van der Waals surface area contributed by atoms with Gasteiger partial charge in [0.15, 0.2) is 11.5 Å². The average molecular weight is 396 g/mol. The summed E-state index contributed by atoms with van der Waals surface area (Å²) in [6.45, 7) is 2.67. The number of methoxy groups -OCH3 is 1. The highest BCUT2D eigenvalue weighted by Crippen LogP contribution is 2.33. The summed E-state index contributed by atoms with van der Waals surface area (Å²) in [4.78, 5) is 0. The highest BCUT2D eigenvalue weighted by Gasteiger charge is 2.14. The molecular formula is C23H25FN2O3. The lowest BCUT2D eigenvalue weighted by molar-refractivity contribution is 0.250. The van der Waals surface area contributed by atoms with Crippen molar-refractivity contribution >= 4 is 11.4 Å². The van der Waals surface area contributed by atoms with Gasteiger partial charge in [0.2, 0.25) is 0 Å². The van der Waals surface area contributed by atoms with Gasteiger partial charge in [-0.25, -0.2) is 4.39 Å². The van der Waals surface area contributed by atoms with Gasteiger partial charge in [-0.2, -0.15) is 0 Å². The minimum absolute atomic E-state index is 0.248. The molecule has 0 fully saturated rings. The Bertz CT molecular complexity index is 978. The van der Waals surface area contributed by atoms with Crippen molar-refractivity contribution < 1.29 is 19.1 Å². The third kappa shape index (κ3) is 4.60. The topological polar surface area (TPSA) is 54.0 Å². The first-order valence-electron chi connectivity index (χ1n) is 9.40. The molecular weight excluding hydrogens is 371 g/mol. The number of rotatable bonds is 8. The first-order chi connectivity index (χ1) is 14.1. The molecule has 3 rings (SSSR count). The maximum atomic E-state index is 14.1. The Balaban J connectivity index is 1.87. The van der Waals surface area contributed by atoms with E-state index in [1.54, 1.807) is 44.5 Å². The number of benzene rings is 3. The van der Waals surface area contributed by atoms with Crippen LogP contribution in [0.15, 0.2) is 60.7 Å². The van der Waals surface area contributed by atoms with Crippen molar-refractivity contribution in [1.82, 2.24) is 0 Å². The van der Waals surface area contributed by atoms with Gasteiger partial charge in [0.05, 0.1) is 31.6 Å². The van der Waals surface area contributed by atoms with Crippen molar-refractivity contribution in [3.63, 3.8) is 0 Å². The van der Waals surface area contributed by atoms with Crippen molar-refractivity contribution in [2.24, 2.45) is 0 Å². The van der Waals surface area contributed by atoms with Gasteiger partial charge in [-0.1, -0.05) is 30.3 Å². The van der Waals surface area contributed by atoms with Crippen molar-refractivity contribution in [3.05, 3.63) is 72.0 Å². The van der Waals surface area contributed by atoms with Crippen LogP contribution in [-0.4, -0.2) is 26.0 Å². The molecule has 3 aromatic carbocycles. The Hall–Kier alpha value is -3.25. The van der Waals surface area contributed by atoms with E-state index in [1.165, 1.54) is 6.07 Å². The summed E-state index contributed by atoms with van der Waals surface area (Å²) < 4.78 is 25.0. The monoisotopic (exact) mass is 396 g/mol. The van der Waals surface area contributed by atoms with Gasteiger partial charge in [-0.05, 0) is 48.4 Å². The number of nitrogens with zero attached hydrogens (tertiary/aromatic N) is 1. The summed E-state index contributed by atoms with van der Waals surface area (Å²) in [6.07, 6.45) is 0. The maximum absolute atomic E-state index is 14.1. The Labute approximate surface area is 170 Å². The summed E-state index contributed by atoms with van der Waals surface area (Å²) in [6, 6.07) is 17.5. The first kappa shape index (κ1) is 20.5. The normalized spacial score (nSPS) is 10.5. The molecule has 0 saturated carbocycles. The van der Waals surface area contributed by atoms with E-state index in [2.05, 4.69) is 5.32 Å². The van der Waals surface area contributed by atoms with E-state index in [9.17, 15) is 9.60 Å². The molecule has 0 bridgehead atoms. The van der Waals surface area contributed by atoms with Gasteiger partial charge in [0.1, 0.15) is 5.82 Å². The number of hydrogen-bond donors (Lipinski definition) is 2. The molecule has 0 saturated heterocycles. The Kier molecular flexibility index (Phi) is 6.57. The highest BCUT2D eigenvalue weighted by molar-refractivity contribution is 5.77. The third-order valence-corrected chi connectivity index (χ3v) is 4.59. The van der Waals surface area contributed by atoms with Gasteiger partial charge in [0, 0.05) is 12.6 Å². The Morgan fingerprint density at radius 2 is 1.83 bits per heavy atom. The second-order valence-electron chi connectivity index (χ2n) is 6.44. The standard InChI is InChI=1S/C23H25FN2O3/c1-4-29-23-13-16(9-12-22(23)28-3)15-26(27)21-11-10-17(14-20(21)25-2)18-7-5-6-8-19(18)24/h5-14,25,27H,4,15H2,1-3H3. The van der Waals surface area contributed by atoms with E-state index in [1.807, 2.05) is 31.2 Å². The van der Waals surface area contributed by atoms with Crippen molar-refractivity contribution in [3.8, 4) is 22.6 Å². The number of ether oxygens (including phenoxy) is 2. The average Bonchev–Trinajstić information content (AvgIpc) is 2.74.